The molecule has 1 spiro atoms. The number of rotatable bonds is 3. The molecule has 6 rings (SSSR count). The van der Waals surface area contributed by atoms with Crippen LogP contribution in [-0.4, -0.2) is 47.8 Å². The highest BCUT2D eigenvalue weighted by Gasteiger charge is 2.40. The number of amides is 1. The van der Waals surface area contributed by atoms with Gasteiger partial charge in [-0.1, -0.05) is 30.3 Å². The number of pyridine rings is 1. The zero-order chi connectivity index (χ0) is 27.2. The predicted octanol–water partition coefficient (Wildman–Crippen LogP) is 7.27. The molecule has 0 unspecified atom stereocenters. The van der Waals surface area contributed by atoms with Gasteiger partial charge in [0.25, 0.3) is 0 Å². The lowest BCUT2D eigenvalue weighted by Crippen LogP contribution is -2.49. The maximum Gasteiger partial charge on any atom is 0.410 e. The van der Waals surface area contributed by atoms with Crippen LogP contribution >= 0.6 is 0 Å². The molecule has 6 heteroatoms. The summed E-state index contributed by atoms with van der Waals surface area (Å²) in [6, 6.07) is 16.6. The Labute approximate surface area is 231 Å². The second-order valence-electron chi connectivity index (χ2n) is 12.7. The normalized spacial score (nSPS) is 19.2. The number of ether oxygens (including phenoxy) is 1. The van der Waals surface area contributed by atoms with E-state index in [1.54, 1.807) is 0 Å². The minimum absolute atomic E-state index is 0.175. The van der Waals surface area contributed by atoms with Gasteiger partial charge in [0.1, 0.15) is 5.60 Å². The van der Waals surface area contributed by atoms with Crippen LogP contribution in [0.5, 0.6) is 0 Å². The molecule has 0 atom stereocenters. The molecule has 39 heavy (non-hydrogen) atoms. The SMILES string of the molecule is CC(C)(C)OC(=O)N1CCC2(CC1)CCN(c1cnc3c(-c4ccc(C#N)cc4)cccc3c1C1CC1)CC2. The van der Waals surface area contributed by atoms with E-state index in [-0.39, 0.29) is 6.09 Å². The number of hydrogen-bond acceptors (Lipinski definition) is 5. The van der Waals surface area contributed by atoms with E-state index in [0.29, 0.717) is 16.9 Å². The highest BCUT2D eigenvalue weighted by Crippen LogP contribution is 2.50. The van der Waals surface area contributed by atoms with Gasteiger partial charge in [-0.05, 0) is 93.9 Å². The average molecular weight is 523 g/mol. The van der Waals surface area contributed by atoms with Crippen LogP contribution in [0.4, 0.5) is 10.5 Å². The summed E-state index contributed by atoms with van der Waals surface area (Å²) in [4.78, 5) is 22.1. The quantitative estimate of drug-likeness (QED) is 0.362. The lowest BCUT2D eigenvalue weighted by atomic mass is 9.71. The zero-order valence-corrected chi connectivity index (χ0v) is 23.4. The number of aromatic nitrogens is 1. The van der Waals surface area contributed by atoms with E-state index in [4.69, 9.17) is 9.72 Å². The molecule has 3 fully saturated rings. The molecule has 1 amide bonds. The van der Waals surface area contributed by atoms with Crippen LogP contribution < -0.4 is 4.90 Å². The van der Waals surface area contributed by atoms with Gasteiger partial charge in [-0.2, -0.15) is 5.26 Å². The van der Waals surface area contributed by atoms with E-state index in [9.17, 15) is 10.1 Å². The fourth-order valence-electron chi connectivity index (χ4n) is 6.46. The monoisotopic (exact) mass is 522 g/mol. The van der Waals surface area contributed by atoms with Gasteiger partial charge in [0.05, 0.1) is 29.0 Å². The first-order valence-electron chi connectivity index (χ1n) is 14.4. The molecule has 6 nitrogen and oxygen atoms in total. The number of piperidine rings is 2. The van der Waals surface area contributed by atoms with Crippen molar-refractivity contribution in [3.8, 4) is 17.2 Å². The Morgan fingerprint density at radius 1 is 1.00 bits per heavy atom. The minimum atomic E-state index is -0.451. The second-order valence-corrected chi connectivity index (χ2v) is 12.7. The smallest absolute Gasteiger partial charge is 0.410 e. The molecule has 0 N–H and O–H groups in total. The average Bonchev–Trinajstić information content (AvgIpc) is 3.77. The molecule has 202 valence electrons. The third-order valence-corrected chi connectivity index (χ3v) is 8.87. The lowest BCUT2D eigenvalue weighted by molar-refractivity contribution is 0.00665. The molecular weight excluding hydrogens is 484 g/mol. The van der Waals surface area contributed by atoms with Gasteiger partial charge in [0.15, 0.2) is 0 Å². The maximum atomic E-state index is 12.6. The van der Waals surface area contributed by atoms with Crippen LogP contribution in [0, 0.1) is 16.7 Å². The zero-order valence-electron chi connectivity index (χ0n) is 23.4. The lowest BCUT2D eigenvalue weighted by Gasteiger charge is -2.47. The number of nitriles is 1. The second kappa shape index (κ2) is 9.86. The summed E-state index contributed by atoms with van der Waals surface area (Å²) in [7, 11) is 0. The summed E-state index contributed by atoms with van der Waals surface area (Å²) in [5.74, 6) is 0.606. The summed E-state index contributed by atoms with van der Waals surface area (Å²) in [6.45, 7) is 9.44. The molecule has 0 bridgehead atoms. The van der Waals surface area contributed by atoms with Gasteiger partial charge in [0, 0.05) is 37.1 Å². The van der Waals surface area contributed by atoms with E-state index in [1.807, 2.05) is 49.9 Å². The Morgan fingerprint density at radius 3 is 2.28 bits per heavy atom. The van der Waals surface area contributed by atoms with E-state index < -0.39 is 5.60 Å². The van der Waals surface area contributed by atoms with Gasteiger partial charge in [-0.15, -0.1) is 0 Å². The van der Waals surface area contributed by atoms with Crippen molar-refractivity contribution in [2.75, 3.05) is 31.1 Å². The molecule has 2 aliphatic heterocycles. The van der Waals surface area contributed by atoms with Crippen molar-refractivity contribution in [3.63, 3.8) is 0 Å². The molecule has 0 radical (unpaired) electrons. The van der Waals surface area contributed by atoms with Crippen LogP contribution in [-0.2, 0) is 4.74 Å². The van der Waals surface area contributed by atoms with Crippen molar-refractivity contribution >= 4 is 22.7 Å². The summed E-state index contributed by atoms with van der Waals surface area (Å²) in [5, 5.41) is 10.5. The number of nitrogens with zero attached hydrogens (tertiary/aromatic N) is 4. The highest BCUT2D eigenvalue weighted by atomic mass is 16.6. The minimum Gasteiger partial charge on any atom is -0.444 e. The van der Waals surface area contributed by atoms with Crippen LogP contribution in [0.25, 0.3) is 22.0 Å². The number of hydrogen-bond donors (Lipinski definition) is 0. The topological polar surface area (TPSA) is 69.5 Å². The van der Waals surface area contributed by atoms with Gasteiger partial charge in [-0.3, -0.25) is 4.98 Å². The first-order valence-corrected chi connectivity index (χ1v) is 14.4. The van der Waals surface area contributed by atoms with Crippen LogP contribution in [0.1, 0.15) is 76.3 Å². The Hall–Kier alpha value is -3.59. The van der Waals surface area contributed by atoms with Crippen LogP contribution in [0.2, 0.25) is 0 Å². The molecule has 1 saturated carbocycles. The van der Waals surface area contributed by atoms with E-state index in [2.05, 4.69) is 35.4 Å². The summed E-state index contributed by atoms with van der Waals surface area (Å²) >= 11 is 0. The first-order chi connectivity index (χ1) is 18.8. The van der Waals surface area contributed by atoms with E-state index in [1.165, 1.54) is 29.5 Å². The Kier molecular flexibility index (Phi) is 6.49. The number of likely N-dealkylation sites (tertiary alicyclic amines) is 1. The highest BCUT2D eigenvalue weighted by molar-refractivity contribution is 5.98. The van der Waals surface area contributed by atoms with Crippen molar-refractivity contribution < 1.29 is 9.53 Å². The Morgan fingerprint density at radius 2 is 1.67 bits per heavy atom. The van der Waals surface area contributed by atoms with Crippen LogP contribution in [0.15, 0.2) is 48.7 Å². The van der Waals surface area contributed by atoms with Gasteiger partial charge in [0.2, 0.25) is 0 Å². The van der Waals surface area contributed by atoms with Crippen molar-refractivity contribution in [1.82, 2.24) is 9.88 Å². The fourth-order valence-corrected chi connectivity index (χ4v) is 6.46. The van der Waals surface area contributed by atoms with Crippen molar-refractivity contribution in [3.05, 3.63) is 59.8 Å². The molecule has 1 aromatic heterocycles. The van der Waals surface area contributed by atoms with Crippen molar-refractivity contribution in [2.24, 2.45) is 5.41 Å². The van der Waals surface area contributed by atoms with Crippen LogP contribution in [0.3, 0.4) is 0 Å². The number of anilines is 1. The number of para-hydroxylation sites is 1. The van der Waals surface area contributed by atoms with Crippen molar-refractivity contribution in [1.29, 1.82) is 5.26 Å². The molecule has 2 saturated heterocycles. The summed E-state index contributed by atoms with van der Waals surface area (Å²) < 4.78 is 5.61. The summed E-state index contributed by atoms with van der Waals surface area (Å²) in [5.41, 5.74) is 6.59. The number of fused-ring (bicyclic) bond motifs is 1. The Balaban J connectivity index is 1.20. The number of carbonyl (C=O) groups is 1. The Bertz CT molecular complexity index is 1410. The molecule has 2 aromatic carbocycles. The molecule has 3 aromatic rings. The molecule has 3 heterocycles. The third kappa shape index (κ3) is 5.20. The predicted molar refractivity (Wildman–Crippen MR) is 155 cm³/mol. The summed E-state index contributed by atoms with van der Waals surface area (Å²) in [6.07, 6.45) is 8.85. The largest absolute Gasteiger partial charge is 0.444 e. The van der Waals surface area contributed by atoms with Gasteiger partial charge in [-0.25, -0.2) is 4.79 Å². The molecule has 3 aliphatic rings. The maximum absolute atomic E-state index is 12.6. The first kappa shape index (κ1) is 25.7. The molecular formula is C33H38N4O2. The van der Waals surface area contributed by atoms with E-state index in [0.717, 1.165) is 68.5 Å². The molecule has 1 aliphatic carbocycles. The van der Waals surface area contributed by atoms with Crippen molar-refractivity contribution in [2.45, 2.75) is 70.8 Å². The third-order valence-electron chi connectivity index (χ3n) is 8.87. The number of benzene rings is 2. The number of carbonyl (C=O) groups excluding carboxylic acids is 1. The van der Waals surface area contributed by atoms with Gasteiger partial charge < -0.3 is 14.5 Å². The fraction of sp³-hybridized carbons (Fsp3) is 0.485. The van der Waals surface area contributed by atoms with Gasteiger partial charge >= 0.3 is 6.09 Å². The standard InChI is InChI=1S/C33H38N4O2/c1-32(2,3)39-31(38)37-19-15-33(16-20-37)13-17-36(18-14-33)28-22-35-30-26(24-9-7-23(21-34)8-10-24)5-4-6-27(30)29(28)25-11-12-25/h4-10,22,25H,11-20H2,1-3H3. The van der Waals surface area contributed by atoms with E-state index >= 15 is 0 Å².